The first-order valence-corrected chi connectivity index (χ1v) is 6.20. The Morgan fingerprint density at radius 3 is 2.50 bits per heavy atom. The van der Waals surface area contributed by atoms with Gasteiger partial charge in [-0.25, -0.2) is 8.78 Å². The average molecular weight is 254 g/mol. The van der Waals surface area contributed by atoms with Crippen LogP contribution in [0.4, 0.5) is 8.78 Å². The molecule has 0 spiro atoms. The maximum absolute atomic E-state index is 13.4. The topological polar surface area (TPSA) is 26.3 Å². The molecule has 2 nitrogen and oxygen atoms in total. The molecular formula is C14H16F2O2. The third-order valence-corrected chi connectivity index (χ3v) is 3.31. The number of carbonyl (C=O) groups excluding carboxylic acids is 1. The van der Waals surface area contributed by atoms with E-state index >= 15 is 0 Å². The summed E-state index contributed by atoms with van der Waals surface area (Å²) in [5, 5.41) is 0. The number of ketones is 1. The van der Waals surface area contributed by atoms with E-state index in [1.54, 1.807) is 0 Å². The molecule has 1 aliphatic carbocycles. The molecule has 98 valence electrons. The molecule has 0 saturated heterocycles. The lowest BCUT2D eigenvalue weighted by molar-refractivity contribution is -0.0246. The summed E-state index contributed by atoms with van der Waals surface area (Å²) in [6.07, 6.45) is 2.01. The van der Waals surface area contributed by atoms with Crippen LogP contribution in [0, 0.1) is 17.6 Å². The molecule has 0 bridgehead atoms. The van der Waals surface area contributed by atoms with Crippen molar-refractivity contribution in [2.24, 2.45) is 5.92 Å². The fraction of sp³-hybridized carbons (Fsp3) is 0.500. The van der Waals surface area contributed by atoms with Gasteiger partial charge in [0, 0.05) is 13.0 Å². The maximum Gasteiger partial charge on any atom is 0.169 e. The SMILES string of the molecule is CCOC1CC(CC(=O)c2c(F)cccc2F)C1. The van der Waals surface area contributed by atoms with Gasteiger partial charge in [0.05, 0.1) is 11.7 Å². The van der Waals surface area contributed by atoms with Gasteiger partial charge in [0.1, 0.15) is 11.6 Å². The first kappa shape index (κ1) is 13.1. The minimum absolute atomic E-state index is 0.188. The fourth-order valence-corrected chi connectivity index (χ4v) is 2.34. The normalized spacial score (nSPS) is 22.6. The van der Waals surface area contributed by atoms with Gasteiger partial charge in [0.2, 0.25) is 0 Å². The van der Waals surface area contributed by atoms with Crippen molar-refractivity contribution in [2.45, 2.75) is 32.3 Å². The zero-order valence-corrected chi connectivity index (χ0v) is 10.3. The molecule has 1 fully saturated rings. The summed E-state index contributed by atoms with van der Waals surface area (Å²) in [5.41, 5.74) is -0.405. The average Bonchev–Trinajstić information content (AvgIpc) is 2.26. The number of Topliss-reactive ketones (excluding diaryl/α,β-unsaturated/α-hetero) is 1. The summed E-state index contributed by atoms with van der Waals surface area (Å²) >= 11 is 0. The molecule has 0 aliphatic heterocycles. The standard InChI is InChI=1S/C14H16F2O2/c1-2-18-10-6-9(7-10)8-13(17)14-11(15)4-3-5-12(14)16/h3-5,9-10H,2,6-8H2,1H3. The molecule has 0 aromatic heterocycles. The van der Waals surface area contributed by atoms with Crippen LogP contribution in [0.15, 0.2) is 18.2 Å². The van der Waals surface area contributed by atoms with Crippen LogP contribution in [-0.4, -0.2) is 18.5 Å². The van der Waals surface area contributed by atoms with Crippen molar-refractivity contribution in [3.8, 4) is 0 Å². The molecule has 0 atom stereocenters. The second-order valence-corrected chi connectivity index (χ2v) is 4.64. The Balaban J connectivity index is 1.93. The van der Waals surface area contributed by atoms with Crippen LogP contribution in [0.1, 0.15) is 36.5 Å². The molecule has 4 heteroatoms. The lowest BCUT2D eigenvalue weighted by Crippen LogP contribution is -2.33. The van der Waals surface area contributed by atoms with Gasteiger partial charge >= 0.3 is 0 Å². The highest BCUT2D eigenvalue weighted by molar-refractivity contribution is 5.96. The van der Waals surface area contributed by atoms with E-state index in [0.717, 1.165) is 25.0 Å². The Hall–Kier alpha value is -1.29. The third kappa shape index (κ3) is 2.75. The monoisotopic (exact) mass is 254 g/mol. The largest absolute Gasteiger partial charge is 0.378 e. The van der Waals surface area contributed by atoms with E-state index in [9.17, 15) is 13.6 Å². The lowest BCUT2D eigenvalue weighted by atomic mass is 9.78. The molecule has 0 heterocycles. The van der Waals surface area contributed by atoms with Crippen molar-refractivity contribution in [2.75, 3.05) is 6.61 Å². The third-order valence-electron chi connectivity index (χ3n) is 3.31. The highest BCUT2D eigenvalue weighted by Crippen LogP contribution is 2.34. The number of halogens is 2. The van der Waals surface area contributed by atoms with Gasteiger partial charge in [-0.05, 0) is 37.8 Å². The fourth-order valence-electron chi connectivity index (χ4n) is 2.34. The Bertz CT molecular complexity index is 419. The van der Waals surface area contributed by atoms with Crippen molar-refractivity contribution in [3.63, 3.8) is 0 Å². The van der Waals surface area contributed by atoms with Gasteiger partial charge in [0.15, 0.2) is 5.78 Å². The van der Waals surface area contributed by atoms with Crippen molar-refractivity contribution in [3.05, 3.63) is 35.4 Å². The van der Waals surface area contributed by atoms with E-state index in [1.807, 2.05) is 6.92 Å². The predicted molar refractivity (Wildman–Crippen MR) is 63.4 cm³/mol. The number of hydrogen-bond donors (Lipinski definition) is 0. The van der Waals surface area contributed by atoms with E-state index < -0.39 is 23.0 Å². The van der Waals surface area contributed by atoms with E-state index in [0.29, 0.717) is 6.61 Å². The predicted octanol–water partition coefficient (Wildman–Crippen LogP) is 3.35. The van der Waals surface area contributed by atoms with E-state index in [4.69, 9.17) is 4.74 Å². The smallest absolute Gasteiger partial charge is 0.169 e. The summed E-state index contributed by atoms with van der Waals surface area (Å²) < 4.78 is 32.2. The van der Waals surface area contributed by atoms with Crippen molar-refractivity contribution < 1.29 is 18.3 Å². The summed E-state index contributed by atoms with van der Waals surface area (Å²) in [5.74, 6) is -1.82. The zero-order chi connectivity index (χ0) is 13.1. The van der Waals surface area contributed by atoms with Crippen LogP contribution in [0.2, 0.25) is 0 Å². The van der Waals surface area contributed by atoms with Gasteiger partial charge in [-0.1, -0.05) is 6.07 Å². The van der Waals surface area contributed by atoms with Gasteiger partial charge in [-0.15, -0.1) is 0 Å². The van der Waals surface area contributed by atoms with Crippen LogP contribution in [0.3, 0.4) is 0 Å². The summed E-state index contributed by atoms with van der Waals surface area (Å²) in [6, 6.07) is 3.48. The van der Waals surface area contributed by atoms with Gasteiger partial charge < -0.3 is 4.74 Å². The Kier molecular flexibility index (Phi) is 4.07. The number of carbonyl (C=O) groups is 1. The molecule has 0 unspecified atom stereocenters. The molecule has 1 aromatic carbocycles. The second-order valence-electron chi connectivity index (χ2n) is 4.64. The molecule has 1 saturated carbocycles. The first-order valence-electron chi connectivity index (χ1n) is 6.20. The van der Waals surface area contributed by atoms with Crippen molar-refractivity contribution in [1.29, 1.82) is 0 Å². The Morgan fingerprint density at radius 2 is 1.94 bits per heavy atom. The molecule has 0 radical (unpaired) electrons. The second kappa shape index (κ2) is 5.57. The highest BCUT2D eigenvalue weighted by atomic mass is 19.1. The van der Waals surface area contributed by atoms with Crippen LogP contribution in [-0.2, 0) is 4.74 Å². The Morgan fingerprint density at radius 1 is 1.33 bits per heavy atom. The number of hydrogen-bond acceptors (Lipinski definition) is 2. The minimum atomic E-state index is -0.777. The number of ether oxygens (including phenoxy) is 1. The van der Waals surface area contributed by atoms with Gasteiger partial charge in [-0.3, -0.25) is 4.79 Å². The van der Waals surface area contributed by atoms with E-state index in [2.05, 4.69) is 0 Å². The number of rotatable bonds is 5. The summed E-state index contributed by atoms with van der Waals surface area (Å²) in [7, 11) is 0. The quantitative estimate of drug-likeness (QED) is 0.753. The molecule has 2 rings (SSSR count). The molecule has 0 amide bonds. The van der Waals surface area contributed by atoms with Crippen LogP contribution in [0.5, 0.6) is 0 Å². The van der Waals surface area contributed by atoms with Gasteiger partial charge in [0.25, 0.3) is 0 Å². The maximum atomic E-state index is 13.4. The molecule has 1 aromatic rings. The van der Waals surface area contributed by atoms with Crippen LogP contribution in [0.25, 0.3) is 0 Å². The van der Waals surface area contributed by atoms with E-state index in [1.165, 1.54) is 6.07 Å². The molecule has 18 heavy (non-hydrogen) atoms. The highest BCUT2D eigenvalue weighted by Gasteiger charge is 2.32. The lowest BCUT2D eigenvalue weighted by Gasteiger charge is -2.34. The number of benzene rings is 1. The van der Waals surface area contributed by atoms with Crippen molar-refractivity contribution in [1.82, 2.24) is 0 Å². The molecular weight excluding hydrogens is 238 g/mol. The minimum Gasteiger partial charge on any atom is -0.378 e. The first-order chi connectivity index (χ1) is 8.61. The molecule has 1 aliphatic rings. The van der Waals surface area contributed by atoms with Gasteiger partial charge in [-0.2, -0.15) is 0 Å². The van der Waals surface area contributed by atoms with Crippen LogP contribution < -0.4 is 0 Å². The Labute approximate surface area is 105 Å². The molecule has 0 N–H and O–H groups in total. The van der Waals surface area contributed by atoms with Crippen LogP contribution >= 0.6 is 0 Å². The van der Waals surface area contributed by atoms with Crippen molar-refractivity contribution >= 4 is 5.78 Å². The summed E-state index contributed by atoms with van der Waals surface area (Å²) in [4.78, 5) is 11.8. The zero-order valence-electron chi connectivity index (χ0n) is 10.3. The van der Waals surface area contributed by atoms with E-state index in [-0.39, 0.29) is 18.4 Å². The summed E-state index contributed by atoms with van der Waals surface area (Å²) in [6.45, 7) is 2.58.